The van der Waals surface area contributed by atoms with Crippen LogP contribution in [0.3, 0.4) is 0 Å². The lowest BCUT2D eigenvalue weighted by Crippen LogP contribution is -2.54. The highest BCUT2D eigenvalue weighted by Gasteiger charge is 2.38. The molecule has 1 radical (unpaired) electrons. The Morgan fingerprint density at radius 2 is 1.33 bits per heavy atom. The molecule has 4 rings (SSSR count). The normalized spacial score (nSPS) is 20.9. The van der Waals surface area contributed by atoms with Gasteiger partial charge in [-0.1, -0.05) is 49.6 Å². The Labute approximate surface area is 209 Å². The van der Waals surface area contributed by atoms with Gasteiger partial charge in [0.2, 0.25) is 0 Å². The highest BCUT2D eigenvalue weighted by atomic mass is 19.4. The number of piperazine rings is 1. The van der Waals surface area contributed by atoms with Gasteiger partial charge in [-0.3, -0.25) is 9.80 Å². The van der Waals surface area contributed by atoms with Crippen molar-refractivity contribution in [3.63, 3.8) is 0 Å². The van der Waals surface area contributed by atoms with Gasteiger partial charge in [-0.05, 0) is 55.5 Å². The molecule has 1 aliphatic carbocycles. The maximum Gasteiger partial charge on any atom is 0.416 e. The summed E-state index contributed by atoms with van der Waals surface area (Å²) in [5.74, 6) is -0.350. The van der Waals surface area contributed by atoms with Crippen LogP contribution in [-0.4, -0.2) is 48.1 Å². The molecule has 1 saturated heterocycles. The largest absolute Gasteiger partial charge is 0.416 e. The van der Waals surface area contributed by atoms with Crippen LogP contribution in [-0.2, 0) is 18.8 Å². The molecule has 0 N–H and O–H groups in total. The molecule has 0 aromatic heterocycles. The monoisotopic (exact) mass is 511 g/mol. The highest BCUT2D eigenvalue weighted by molar-refractivity contribution is 5.36. The molecule has 8 heteroatoms. The summed E-state index contributed by atoms with van der Waals surface area (Å²) in [6.07, 6.45) is -3.44. The third kappa shape index (κ3) is 6.62. The predicted molar refractivity (Wildman–Crippen MR) is 128 cm³/mol. The molecule has 1 saturated carbocycles. The summed E-state index contributed by atoms with van der Waals surface area (Å²) in [5.41, 5.74) is -1.68. The highest BCUT2D eigenvalue weighted by Crippen LogP contribution is 2.38. The maximum absolute atomic E-state index is 13.4. The van der Waals surface area contributed by atoms with E-state index in [9.17, 15) is 26.3 Å². The fourth-order valence-corrected chi connectivity index (χ4v) is 5.70. The number of hydrogen-bond acceptors (Lipinski definition) is 2. The molecular formula is C28H33F6N2. The van der Waals surface area contributed by atoms with E-state index in [1.807, 2.05) is 30.3 Å². The summed E-state index contributed by atoms with van der Waals surface area (Å²) in [4.78, 5) is 4.76. The molecule has 0 spiro atoms. The fraction of sp³-hybridized carbons (Fsp3) is 0.536. The second kappa shape index (κ2) is 11.1. The molecule has 2 nitrogen and oxygen atoms in total. The van der Waals surface area contributed by atoms with Crippen LogP contribution in [0.4, 0.5) is 26.3 Å². The Kier molecular flexibility index (Phi) is 8.35. The van der Waals surface area contributed by atoms with Crippen LogP contribution >= 0.6 is 0 Å². The molecule has 2 fully saturated rings. The lowest BCUT2D eigenvalue weighted by Gasteiger charge is -2.44. The number of alkyl halides is 6. The lowest BCUT2D eigenvalue weighted by molar-refractivity contribution is -0.143. The van der Waals surface area contributed by atoms with Gasteiger partial charge < -0.3 is 0 Å². The van der Waals surface area contributed by atoms with Crippen LogP contribution < -0.4 is 0 Å². The molecule has 0 bridgehead atoms. The minimum atomic E-state index is -4.86. The van der Waals surface area contributed by atoms with E-state index < -0.39 is 23.5 Å². The van der Waals surface area contributed by atoms with Crippen LogP contribution in [0.15, 0.2) is 48.5 Å². The van der Waals surface area contributed by atoms with Crippen molar-refractivity contribution in [3.05, 3.63) is 77.7 Å². The lowest BCUT2D eigenvalue weighted by atomic mass is 9.84. The summed E-state index contributed by atoms with van der Waals surface area (Å²) < 4.78 is 80.7. The Hall–Kier alpha value is -2.06. The predicted octanol–water partition coefficient (Wildman–Crippen LogP) is 7.20. The molecule has 0 amide bonds. The zero-order valence-corrected chi connectivity index (χ0v) is 20.3. The first kappa shape index (κ1) is 27.0. The van der Waals surface area contributed by atoms with Crippen molar-refractivity contribution >= 4 is 0 Å². The molecule has 1 heterocycles. The Balaban J connectivity index is 1.56. The van der Waals surface area contributed by atoms with Gasteiger partial charge in [-0.2, -0.15) is 26.3 Å². The number of rotatable bonds is 6. The standard InChI is InChI=1S/C28H33F6N2/c1-20(35-12-14-36(15-13-35)25-10-6-3-7-11-25)26(22-8-4-2-5-9-22)18-21-16-23(27(29,30)31)19-24(17-21)28(32,33)34/h2,4-5,8-9,16-17,19-20,25-26H,1,3,6-7,10-15,18H2. The first-order chi connectivity index (χ1) is 17.0. The minimum absolute atomic E-state index is 0.0143. The summed E-state index contributed by atoms with van der Waals surface area (Å²) >= 11 is 0. The molecule has 36 heavy (non-hydrogen) atoms. The molecule has 2 aromatic carbocycles. The third-order valence-corrected chi connectivity index (χ3v) is 7.70. The number of halogens is 6. The summed E-state index contributed by atoms with van der Waals surface area (Å²) in [7, 11) is 0. The van der Waals surface area contributed by atoms with Crippen molar-refractivity contribution in [1.82, 2.24) is 9.80 Å². The van der Waals surface area contributed by atoms with Gasteiger partial charge in [0.1, 0.15) is 0 Å². The van der Waals surface area contributed by atoms with E-state index in [2.05, 4.69) is 16.7 Å². The van der Waals surface area contributed by atoms with E-state index >= 15 is 0 Å². The van der Waals surface area contributed by atoms with Gasteiger partial charge in [0.25, 0.3) is 0 Å². The van der Waals surface area contributed by atoms with E-state index in [0.717, 1.165) is 43.9 Å². The van der Waals surface area contributed by atoms with E-state index in [0.29, 0.717) is 6.04 Å². The number of nitrogens with zero attached hydrogens (tertiary/aromatic N) is 2. The first-order valence-electron chi connectivity index (χ1n) is 12.7. The zero-order chi connectivity index (χ0) is 25.9. The molecular weight excluding hydrogens is 478 g/mol. The Bertz CT molecular complexity index is 942. The van der Waals surface area contributed by atoms with Crippen molar-refractivity contribution in [2.24, 2.45) is 0 Å². The van der Waals surface area contributed by atoms with Crippen LogP contribution in [0.2, 0.25) is 0 Å². The zero-order valence-electron chi connectivity index (χ0n) is 20.3. The molecule has 1 aliphatic heterocycles. The summed E-state index contributed by atoms with van der Waals surface area (Å²) in [5, 5.41) is 0. The maximum atomic E-state index is 13.4. The topological polar surface area (TPSA) is 6.48 Å². The number of benzene rings is 2. The molecule has 197 valence electrons. The molecule has 2 atom stereocenters. The average molecular weight is 512 g/mol. The van der Waals surface area contributed by atoms with Crippen molar-refractivity contribution in [1.29, 1.82) is 0 Å². The van der Waals surface area contributed by atoms with Gasteiger partial charge in [-0.15, -0.1) is 0 Å². The van der Waals surface area contributed by atoms with Crippen molar-refractivity contribution < 1.29 is 26.3 Å². The second-order valence-electron chi connectivity index (χ2n) is 10.1. The van der Waals surface area contributed by atoms with Gasteiger partial charge >= 0.3 is 12.4 Å². The molecule has 2 aromatic rings. The van der Waals surface area contributed by atoms with Gasteiger partial charge in [0.05, 0.1) is 11.1 Å². The van der Waals surface area contributed by atoms with Crippen LogP contribution in [0.25, 0.3) is 0 Å². The van der Waals surface area contributed by atoms with Crippen LogP contribution in [0, 0.1) is 6.92 Å². The van der Waals surface area contributed by atoms with Gasteiger partial charge in [-0.25, -0.2) is 0 Å². The van der Waals surface area contributed by atoms with E-state index in [4.69, 9.17) is 0 Å². The van der Waals surface area contributed by atoms with Crippen molar-refractivity contribution in [2.75, 3.05) is 26.2 Å². The van der Waals surface area contributed by atoms with E-state index in [1.165, 1.54) is 32.1 Å². The van der Waals surface area contributed by atoms with Crippen LogP contribution in [0.5, 0.6) is 0 Å². The number of hydrogen-bond donors (Lipinski definition) is 0. The van der Waals surface area contributed by atoms with Gasteiger partial charge in [0.15, 0.2) is 0 Å². The van der Waals surface area contributed by atoms with Gasteiger partial charge in [0, 0.05) is 44.2 Å². The minimum Gasteiger partial charge on any atom is -0.298 e. The Morgan fingerprint density at radius 1 is 0.778 bits per heavy atom. The summed E-state index contributed by atoms with van der Waals surface area (Å²) in [6.45, 7) is 7.75. The van der Waals surface area contributed by atoms with Crippen molar-refractivity contribution in [3.8, 4) is 0 Å². The fourth-order valence-electron chi connectivity index (χ4n) is 5.70. The van der Waals surface area contributed by atoms with E-state index in [1.54, 1.807) is 0 Å². The molecule has 2 aliphatic rings. The quantitative estimate of drug-likeness (QED) is 0.379. The van der Waals surface area contributed by atoms with Crippen molar-refractivity contribution in [2.45, 2.75) is 68.9 Å². The second-order valence-corrected chi connectivity index (χ2v) is 10.1. The SMILES string of the molecule is [CH2]C(C(Cc1cc(C(F)(F)F)cc(C(F)(F)F)c1)c1ccccc1)N1CCN(C2CCCCC2)CC1. The first-order valence-corrected chi connectivity index (χ1v) is 12.7. The summed E-state index contributed by atoms with van der Waals surface area (Å²) in [6, 6.07) is 11.5. The molecule has 2 unspecified atom stereocenters. The average Bonchev–Trinajstić information content (AvgIpc) is 2.87. The van der Waals surface area contributed by atoms with E-state index in [-0.39, 0.29) is 30.0 Å². The Morgan fingerprint density at radius 3 is 1.86 bits per heavy atom. The third-order valence-electron chi connectivity index (χ3n) is 7.70. The smallest absolute Gasteiger partial charge is 0.298 e. The van der Waals surface area contributed by atoms with Crippen LogP contribution in [0.1, 0.15) is 60.3 Å².